The van der Waals surface area contributed by atoms with E-state index >= 15 is 0 Å². The number of rotatable bonds is 6. The first-order chi connectivity index (χ1) is 69.5. The van der Waals surface area contributed by atoms with Gasteiger partial charge in [0.05, 0.1) is 82.8 Å². The normalized spacial score (nSPS) is 12.1. The Morgan fingerprint density at radius 1 is 0.136 bits per heavy atom. The van der Waals surface area contributed by atoms with Crippen LogP contribution in [0.4, 0.5) is 0 Å². The van der Waals surface area contributed by atoms with Crippen molar-refractivity contribution in [2.45, 2.75) is 0 Å². The van der Waals surface area contributed by atoms with Gasteiger partial charge in [0.15, 0.2) is 0 Å². The smallest absolute Gasteiger partial charge is 0.147 e. The Morgan fingerprint density at radius 2 is 0.421 bits per heavy atom. The van der Waals surface area contributed by atoms with Crippen molar-refractivity contribution >= 4 is 234 Å². The molecule has 140 heavy (non-hydrogen) atoms. The van der Waals surface area contributed by atoms with Crippen molar-refractivity contribution in [2.24, 2.45) is 0 Å². The first-order valence-corrected chi connectivity index (χ1v) is 48.0. The van der Waals surface area contributed by atoms with E-state index < -0.39 is 0 Å². The van der Waals surface area contributed by atoms with Gasteiger partial charge in [0.1, 0.15) is 16.9 Å². The van der Waals surface area contributed by atoms with Crippen molar-refractivity contribution in [2.75, 3.05) is 0 Å². The summed E-state index contributed by atoms with van der Waals surface area (Å²) in [5, 5.41) is 31.0. The highest BCUT2D eigenvalue weighted by Crippen LogP contribution is 2.47. The molecule has 0 amide bonds. The zero-order chi connectivity index (χ0) is 91.5. The minimum absolute atomic E-state index is 1.01. The second-order valence-corrected chi connectivity index (χ2v) is 37.2. The molecule has 0 aliphatic carbocycles. The minimum Gasteiger partial charge on any atom is -0.309 e. The van der Waals surface area contributed by atoms with Gasteiger partial charge in [-0.1, -0.05) is 340 Å². The van der Waals surface area contributed by atoms with Gasteiger partial charge in [-0.2, -0.15) is 0 Å². The molecular formula is C131H79N9. The van der Waals surface area contributed by atoms with Crippen LogP contribution < -0.4 is 0 Å². The summed E-state index contributed by atoms with van der Waals surface area (Å²) in [5.74, 6) is 0. The SMILES string of the molecule is c1cc(-c2ccc3c(c2)c2ccc4ccccc4c2c2nc4ccccc4n32)cc(-n2c3ccccc3c3ccccc32)c1.c1ccc2c(c1)ccc1c2c2ccccc2n1-c1ccc(-c2ccc3c(c2)c2ccc4ccccc4c2c2nc4ccccc4n32)cc1.c1ccc2c(c1)ccc1c3cc(-c4ccc(-n5c6ccccc6c6ccc7ccccc7c65)cc4)ccc3n3c4ccccc4nc3c21. The molecule has 9 heteroatoms. The first kappa shape index (κ1) is 77.6. The summed E-state index contributed by atoms with van der Waals surface area (Å²) in [5.41, 5.74) is 30.9. The molecule has 9 nitrogen and oxygen atoms in total. The average Bonchev–Trinajstić information content (AvgIpc) is 1.23. The minimum atomic E-state index is 1.01. The Kier molecular flexibility index (Phi) is 16.8. The number of aromatic nitrogens is 9. The highest BCUT2D eigenvalue weighted by molar-refractivity contribution is 6.28. The topological polar surface area (TPSA) is 66.7 Å². The zero-order valence-electron chi connectivity index (χ0n) is 75.6. The van der Waals surface area contributed by atoms with Crippen LogP contribution in [0.15, 0.2) is 479 Å². The van der Waals surface area contributed by atoms with Crippen LogP contribution in [0.5, 0.6) is 0 Å². The molecule has 0 N–H and O–H groups in total. The number of para-hydroxylation sites is 10. The summed E-state index contributed by atoms with van der Waals surface area (Å²) in [6, 6.07) is 174. The van der Waals surface area contributed by atoms with Crippen molar-refractivity contribution in [3.8, 4) is 50.4 Å². The van der Waals surface area contributed by atoms with Gasteiger partial charge in [-0.25, -0.2) is 15.0 Å². The van der Waals surface area contributed by atoms with Crippen molar-refractivity contribution in [3.05, 3.63) is 479 Å². The lowest BCUT2D eigenvalue weighted by Gasteiger charge is -2.14. The highest BCUT2D eigenvalue weighted by Gasteiger charge is 2.25. The van der Waals surface area contributed by atoms with E-state index in [9.17, 15) is 0 Å². The lowest BCUT2D eigenvalue weighted by Crippen LogP contribution is -1.95. The van der Waals surface area contributed by atoms with E-state index in [1.165, 1.54) is 218 Å². The van der Waals surface area contributed by atoms with Gasteiger partial charge in [0.2, 0.25) is 0 Å². The lowest BCUT2D eigenvalue weighted by atomic mass is 9.96. The van der Waals surface area contributed by atoms with Gasteiger partial charge in [-0.05, 0) is 238 Å². The zero-order valence-corrected chi connectivity index (χ0v) is 75.6. The van der Waals surface area contributed by atoms with Gasteiger partial charge in [-0.15, -0.1) is 0 Å². The molecule has 0 aliphatic rings. The molecule has 0 fully saturated rings. The molecule has 648 valence electrons. The van der Waals surface area contributed by atoms with E-state index in [1.54, 1.807) is 0 Å². The van der Waals surface area contributed by atoms with Gasteiger partial charge < -0.3 is 13.7 Å². The van der Waals surface area contributed by atoms with Crippen LogP contribution >= 0.6 is 0 Å². The van der Waals surface area contributed by atoms with E-state index in [-0.39, 0.29) is 0 Å². The number of imidazole rings is 3. The fourth-order valence-corrected chi connectivity index (χ4v) is 23.5. The number of hydrogen-bond donors (Lipinski definition) is 0. The number of benzene rings is 23. The summed E-state index contributed by atoms with van der Waals surface area (Å²) in [4.78, 5) is 15.5. The fraction of sp³-hybridized carbons (Fsp3) is 0. The largest absolute Gasteiger partial charge is 0.309 e. The van der Waals surface area contributed by atoms with Crippen molar-refractivity contribution in [3.63, 3.8) is 0 Å². The number of hydrogen-bond acceptors (Lipinski definition) is 3. The van der Waals surface area contributed by atoms with E-state index in [4.69, 9.17) is 15.0 Å². The van der Waals surface area contributed by atoms with E-state index in [0.717, 1.165) is 67.1 Å². The first-order valence-electron chi connectivity index (χ1n) is 48.0. The van der Waals surface area contributed by atoms with Crippen molar-refractivity contribution < 1.29 is 0 Å². The number of fused-ring (bicyclic) bond motifs is 43. The van der Waals surface area contributed by atoms with Crippen LogP contribution in [0.25, 0.3) is 285 Å². The van der Waals surface area contributed by atoms with Gasteiger partial charge in [0, 0.05) is 87.1 Å². The monoisotopic (exact) mass is 1780 g/mol. The molecule has 0 radical (unpaired) electrons. The molecule has 23 aromatic carbocycles. The molecule has 9 heterocycles. The quantitative estimate of drug-likeness (QED) is 0.156. The molecule has 0 unspecified atom stereocenters. The Morgan fingerprint density at radius 3 is 0.850 bits per heavy atom. The number of pyridine rings is 3. The van der Waals surface area contributed by atoms with E-state index in [1.807, 2.05) is 0 Å². The molecule has 0 spiro atoms. The second kappa shape index (κ2) is 30.3. The molecule has 0 aliphatic heterocycles. The lowest BCUT2D eigenvalue weighted by molar-refractivity contribution is 1.18. The standard InChI is InChI=1S/2C45H27N3.C41H25N3/c1-3-11-33-30(10-1)20-26-42-43(33)36-13-5-7-15-39(36)47(42)32-22-17-28(18-23-32)31-21-25-40-37(27-31)35-24-19-29-9-2-4-12-34(29)44(35)45-46-38-14-6-8-16-41(38)48(40)45;1-3-11-33-29(9-1)19-24-36-38-27-31(21-26-41(38)48-42-16-8-6-14-39(42)46-45(48)43(33)36)28-17-22-32(23-18-28)47-40-15-7-5-13-35(40)37-25-20-30-10-2-4-12-34(30)44(37)47;1-2-13-30-26(10-1)20-22-33-34-25-28(21-23-38(34)44-39-19-8-5-16-35(39)42-41(44)40(30)33)27-11-9-12-29(24-27)43-36-17-6-3-14-31(36)32-15-4-7-18-37(32)43/h2*1-27H;1-25H. The average molecular weight is 1780 g/mol. The summed E-state index contributed by atoms with van der Waals surface area (Å²) in [7, 11) is 0. The van der Waals surface area contributed by atoms with Gasteiger partial charge in [0.25, 0.3) is 0 Å². The van der Waals surface area contributed by atoms with E-state index in [0.29, 0.717) is 0 Å². The maximum atomic E-state index is 5.18. The molecule has 0 saturated heterocycles. The predicted octanol–water partition coefficient (Wildman–Crippen LogP) is 34.4. The van der Waals surface area contributed by atoms with Crippen molar-refractivity contribution in [1.82, 2.24) is 41.9 Å². The Bertz CT molecular complexity index is 10900. The van der Waals surface area contributed by atoms with Crippen LogP contribution in [-0.2, 0) is 0 Å². The number of nitrogens with zero attached hydrogens (tertiary/aromatic N) is 9. The van der Waals surface area contributed by atoms with Crippen LogP contribution in [0, 0.1) is 0 Å². The summed E-state index contributed by atoms with van der Waals surface area (Å²) < 4.78 is 14.3. The van der Waals surface area contributed by atoms with Crippen LogP contribution in [0.3, 0.4) is 0 Å². The Balaban J connectivity index is 0.0000000988. The highest BCUT2D eigenvalue weighted by atomic mass is 15.0. The second-order valence-electron chi connectivity index (χ2n) is 37.2. The molecule has 0 atom stereocenters. The third-order valence-corrected chi connectivity index (χ3v) is 29.8. The van der Waals surface area contributed by atoms with Crippen molar-refractivity contribution in [1.29, 1.82) is 0 Å². The van der Waals surface area contributed by atoms with Crippen LogP contribution in [0.2, 0.25) is 0 Å². The molecule has 0 saturated carbocycles. The predicted molar refractivity (Wildman–Crippen MR) is 590 cm³/mol. The Hall–Kier alpha value is -18.8. The molecule has 9 aromatic heterocycles. The van der Waals surface area contributed by atoms with E-state index in [2.05, 4.69) is 506 Å². The molecule has 32 rings (SSSR count). The van der Waals surface area contributed by atoms with Gasteiger partial charge >= 0.3 is 0 Å². The summed E-state index contributed by atoms with van der Waals surface area (Å²) >= 11 is 0. The fourth-order valence-electron chi connectivity index (χ4n) is 23.5. The Labute approximate surface area is 800 Å². The summed E-state index contributed by atoms with van der Waals surface area (Å²) in [6.45, 7) is 0. The maximum Gasteiger partial charge on any atom is 0.147 e. The maximum absolute atomic E-state index is 5.18. The summed E-state index contributed by atoms with van der Waals surface area (Å²) in [6.07, 6.45) is 0. The third kappa shape index (κ3) is 11.6. The van der Waals surface area contributed by atoms with Crippen LogP contribution in [-0.4, -0.2) is 41.9 Å². The van der Waals surface area contributed by atoms with Gasteiger partial charge in [-0.3, -0.25) is 13.2 Å². The molecular weight excluding hydrogens is 1700 g/mol. The van der Waals surface area contributed by atoms with Crippen LogP contribution in [0.1, 0.15) is 0 Å². The molecule has 0 bridgehead atoms. The molecule has 32 aromatic rings. The third-order valence-electron chi connectivity index (χ3n) is 29.8.